The molecule has 5 aromatic carbocycles. The number of rotatable bonds is 23. The fourth-order valence-electron chi connectivity index (χ4n) is 8.80. The molecule has 6 N–H and O–H groups in total. The molecule has 5 aromatic heterocycles. The summed E-state index contributed by atoms with van der Waals surface area (Å²) in [6.45, 7) is -1.27. The van der Waals surface area contributed by atoms with Crippen molar-refractivity contribution in [2.24, 2.45) is 0 Å². The maximum absolute atomic E-state index is 13.6. The van der Waals surface area contributed by atoms with E-state index < -0.39 is 106 Å². The van der Waals surface area contributed by atoms with Crippen LogP contribution in [0, 0.1) is 58.2 Å². The molecular formula is C68H57BBrCl10Cs2F10K2N15NaO17S. The van der Waals surface area contributed by atoms with Crippen LogP contribution < -0.4 is 326 Å². The van der Waals surface area contributed by atoms with E-state index >= 15 is 0 Å². The Bertz CT molecular complexity index is 5470. The third-order valence-electron chi connectivity index (χ3n) is 14.2. The van der Waals surface area contributed by atoms with Gasteiger partial charge in [-0.05, 0) is 124 Å². The molecule has 128 heavy (non-hydrogen) atoms. The average molecular weight is 2390 g/mol. The van der Waals surface area contributed by atoms with E-state index in [2.05, 4.69) is 96.8 Å². The van der Waals surface area contributed by atoms with Crippen LogP contribution in [-0.2, 0) is 33.7 Å². The quantitative estimate of drug-likeness (QED) is 0.00442. The number of carbonyl (C=O) groups is 4. The van der Waals surface area contributed by atoms with Gasteiger partial charge in [0, 0.05) is 81.0 Å². The number of aromatic hydroxyl groups is 1. The van der Waals surface area contributed by atoms with Gasteiger partial charge in [-0.15, -0.1) is 0 Å². The zero-order chi connectivity index (χ0) is 91.6. The molecule has 3 radical (unpaired) electrons. The Labute approximate surface area is 1010 Å². The molecule has 0 saturated carbocycles. The first-order valence-corrected chi connectivity index (χ1v) is 38.9. The molecule has 0 spiro atoms. The SMILES string of the molecule is CN1c2nc(Cl)ncc2OCC1c1cc(F)c(F)cc1Cl.CNc1nc(Cl)ncc1O.CNc1nc(Cl)ncc1OCC(=O)c1cc(F)c(F)cc1Cl.CNc1nc(Cl)ncc1OCC(O)c1cc(F)c(F)cc1Cl.CNc1nc(Cl)ncc1OCC(OS(C)(=O)=O)c1cc(F)c(F)cc1Cl.O=C(CBr)c1cc(F)c(F)cc1Cl.O=CO[O-].O=CO[O-].[B].[Cs+].[Cs+].[H-].[H-].[H-].[K+].[K+].[Na+]. The molecule has 60 heteroatoms. The summed E-state index contributed by atoms with van der Waals surface area (Å²) >= 11 is 60.0. The van der Waals surface area contributed by atoms with Gasteiger partial charge in [-0.25, -0.2) is 68.8 Å². The Morgan fingerprint density at radius 2 is 0.875 bits per heavy atom. The average Bonchev–Trinajstić information content (AvgIpc) is 0.777. The molecule has 10 aromatic rings. The van der Waals surface area contributed by atoms with Crippen LogP contribution in [0.25, 0.3) is 0 Å². The maximum Gasteiger partial charge on any atom is 1.00 e. The number of hydrogen-bond acceptors (Lipinski definition) is 32. The fraction of sp³-hybridized carbons (Fsp3) is 0.206. The van der Waals surface area contributed by atoms with E-state index in [0.29, 0.717) is 28.8 Å². The number of halogens is 21. The molecule has 32 nitrogen and oxygen atoms in total. The number of fused-ring (bicyclic) bond motifs is 1. The number of ketones is 2. The summed E-state index contributed by atoms with van der Waals surface area (Å²) in [6.07, 6.45) is 4.76. The number of aliphatic hydroxyl groups excluding tert-OH is 1. The van der Waals surface area contributed by atoms with Crippen LogP contribution in [0.15, 0.2) is 91.6 Å². The van der Waals surface area contributed by atoms with E-state index in [4.69, 9.17) is 164 Å². The van der Waals surface area contributed by atoms with Gasteiger partial charge in [-0.3, -0.25) is 23.4 Å². The maximum atomic E-state index is 13.6. The molecule has 0 aliphatic carbocycles. The van der Waals surface area contributed by atoms with Gasteiger partial charge in [0.2, 0.25) is 32.2 Å². The molecule has 3 atom stereocenters. The second-order valence-electron chi connectivity index (χ2n) is 22.1. The number of carbonyl (C=O) groups excluding carboxylic acids is 4. The zero-order valence-corrected chi connectivity index (χ0v) is 98.2. The summed E-state index contributed by atoms with van der Waals surface area (Å²) in [5.74, 6) is -9.33. The van der Waals surface area contributed by atoms with Crippen molar-refractivity contribution in [1.29, 1.82) is 0 Å². The van der Waals surface area contributed by atoms with Crippen molar-refractivity contribution in [3.05, 3.63) is 229 Å². The third-order valence-corrected chi connectivity index (χ3v) is 17.8. The van der Waals surface area contributed by atoms with E-state index in [9.17, 15) is 67.0 Å². The summed E-state index contributed by atoms with van der Waals surface area (Å²) in [6, 6.07) is 7.71. The Balaban J connectivity index is -0.000000353. The van der Waals surface area contributed by atoms with Crippen LogP contribution in [-0.4, -0.2) is 175 Å². The first-order valence-electron chi connectivity index (χ1n) is 32.2. The number of benzene rings is 5. The predicted octanol–water partition coefficient (Wildman–Crippen LogP) is -0.669. The smallest absolute Gasteiger partial charge is 1.00 e. The number of hydrogen-bond donors (Lipinski definition) is 6. The Morgan fingerprint density at radius 1 is 0.539 bits per heavy atom. The van der Waals surface area contributed by atoms with Crippen molar-refractivity contribution in [2.45, 2.75) is 18.2 Å². The molecule has 6 heterocycles. The van der Waals surface area contributed by atoms with Crippen LogP contribution in [0.5, 0.6) is 28.7 Å². The molecule has 667 valence electrons. The molecule has 0 amide bonds. The van der Waals surface area contributed by atoms with Gasteiger partial charge in [0.25, 0.3) is 23.1 Å². The summed E-state index contributed by atoms with van der Waals surface area (Å²) in [7, 11) is 4.17. The summed E-state index contributed by atoms with van der Waals surface area (Å²) < 4.78 is 181. The first-order chi connectivity index (χ1) is 57.5. The second-order valence-corrected chi connectivity index (χ2v) is 28.0. The second kappa shape index (κ2) is 67.1. The van der Waals surface area contributed by atoms with Crippen LogP contribution in [0.4, 0.5) is 73.0 Å². The third kappa shape index (κ3) is 43.8. The zero-order valence-electron chi connectivity index (χ0n) is 70.4. The molecule has 1 aliphatic rings. The Morgan fingerprint density at radius 3 is 1.28 bits per heavy atom. The summed E-state index contributed by atoms with van der Waals surface area (Å²) in [4.78, 5) is 85.3. The minimum absolute atomic E-state index is 0. The minimum atomic E-state index is -3.96. The van der Waals surface area contributed by atoms with E-state index in [-0.39, 0.29) is 428 Å². The molecule has 0 saturated heterocycles. The monoisotopic (exact) mass is 2380 g/mol. The van der Waals surface area contributed by atoms with Gasteiger partial charge < -0.3 is 79.9 Å². The molecule has 1 aliphatic heterocycles. The molecule has 3 unspecified atom stereocenters. The topological polar surface area (TPSA) is 434 Å². The number of nitrogens with zero attached hydrogens (tertiary/aromatic N) is 11. The number of Topliss-reactive ketones (excluding diaryl/α,β-unsaturated/α-hetero) is 2. The largest absolute Gasteiger partial charge is 1.00 e. The van der Waals surface area contributed by atoms with Crippen LogP contribution in [0.2, 0.25) is 51.5 Å². The molecule has 11 rings (SSSR count). The molecule has 0 fully saturated rings. The summed E-state index contributed by atoms with van der Waals surface area (Å²) in [5.41, 5.74) is 0.135. The van der Waals surface area contributed by atoms with Gasteiger partial charge in [0.15, 0.2) is 128 Å². The van der Waals surface area contributed by atoms with Gasteiger partial charge in [0.1, 0.15) is 32.0 Å². The number of alkyl halides is 1. The minimum Gasteiger partial charge on any atom is -1.00 e. The van der Waals surface area contributed by atoms with Crippen LogP contribution in [0.3, 0.4) is 0 Å². The van der Waals surface area contributed by atoms with E-state index in [1.807, 2.05) is 0 Å². The number of likely N-dealkylation sites (N-methyl/N-ethyl adjacent to an activating group) is 1. The molecular weight excluding hydrogens is 2330 g/mol. The van der Waals surface area contributed by atoms with Gasteiger partial charge >= 0.3 is 270 Å². The van der Waals surface area contributed by atoms with E-state index in [1.165, 1.54) is 31.0 Å². The Kier molecular flexibility index (Phi) is 68.6. The number of anilines is 5. The normalized spacial score (nSPS) is 11.4. The summed E-state index contributed by atoms with van der Waals surface area (Å²) in [5, 5.41) is 46.4. The Hall–Kier alpha value is -1.31. The van der Waals surface area contributed by atoms with Crippen molar-refractivity contribution in [3.8, 4) is 28.7 Å². The van der Waals surface area contributed by atoms with Crippen molar-refractivity contribution in [2.75, 3.05) is 99.4 Å². The number of aliphatic hydroxyl groups is 1. The van der Waals surface area contributed by atoms with E-state index in [1.54, 1.807) is 40.1 Å². The first kappa shape index (κ1) is 131. The van der Waals surface area contributed by atoms with Crippen molar-refractivity contribution in [3.63, 3.8) is 0 Å². The number of ether oxygens (including phenoxy) is 4. The van der Waals surface area contributed by atoms with Crippen molar-refractivity contribution >= 4 is 204 Å². The fourth-order valence-corrected chi connectivity index (χ4v) is 11.7. The van der Waals surface area contributed by atoms with Crippen LogP contribution >= 0.6 is 132 Å². The standard InChI is InChI=1S/C14H13Cl2F2N3O4S.C13H11Cl2F2N3O2.C13H9Cl2F2N3O2.C13H9Cl2F2N3O.C8H4BrClF2O.C5H6ClN3O.2CH2O3.B.2Cs.2K.Na.3H/c1-19-13-11(5-20-14(16)21-13)24-6-12(25-26(2,22)23)7-3-9(17)10(18)4-8(7)15;2*1-18-12-11(4-19-13(15)20-12)22-5-10(21)6-2-8(16)9(17)3-7(6)14;1-20-10(6-2-8(16)9(17)3-7(6)14)5-21-11-4-18-13(15)19-12(11)20;9-3-8(13)4-1-6(11)7(12)2-5(4)10;1-7-4-3(10)2-8-5(6)9-4;2*2-1-4-3;;;;;;;;;/h3-5,12H,6H2,1-2H3,(H,19,20,21);2-4,10,21H,5H2,1H3,(H,18,19,20);2-4H,5H2,1H3,(H,18,19,20);2-4,10H,5H2,1H3;1-2H,3H2;2,10H,1H3,(H,7,8,9);2*1,3H;;;;;;;;;/q;;;;;;;;;5*+1;3*-1/p-2. The van der Waals surface area contributed by atoms with E-state index in [0.717, 1.165) is 66.9 Å². The molecule has 0 bridgehead atoms. The van der Waals surface area contributed by atoms with Gasteiger partial charge in [-0.1, -0.05) is 73.9 Å². The number of nitrogens with one attached hydrogen (secondary N) is 4. The van der Waals surface area contributed by atoms with Crippen LogP contribution in [0.1, 0.15) is 59.9 Å². The van der Waals surface area contributed by atoms with Crippen molar-refractivity contribution in [1.82, 2.24) is 49.8 Å². The van der Waals surface area contributed by atoms with Gasteiger partial charge in [-0.2, -0.15) is 33.3 Å². The van der Waals surface area contributed by atoms with Gasteiger partial charge in [0.05, 0.1) is 58.7 Å². The predicted molar refractivity (Wildman–Crippen MR) is 434 cm³/mol. The van der Waals surface area contributed by atoms with Crippen molar-refractivity contribution < 1.29 is 400 Å². The number of aromatic nitrogens is 10.